The number of likely N-dealkylation sites (tertiary alicyclic amines) is 1. The summed E-state index contributed by atoms with van der Waals surface area (Å²) in [7, 11) is 0. The Hall–Kier alpha value is -1.59. The van der Waals surface area contributed by atoms with E-state index in [1.165, 1.54) is 29.1 Å². The Morgan fingerprint density at radius 1 is 1.23 bits per heavy atom. The summed E-state index contributed by atoms with van der Waals surface area (Å²) in [6, 6.07) is 7.95. The summed E-state index contributed by atoms with van der Waals surface area (Å²) < 4.78 is 0. The van der Waals surface area contributed by atoms with E-state index in [1.54, 1.807) is 0 Å². The lowest BCUT2D eigenvalue weighted by Gasteiger charge is -2.26. The molecule has 2 aliphatic heterocycles. The Balaban J connectivity index is 1.73. The summed E-state index contributed by atoms with van der Waals surface area (Å²) in [6.07, 6.45) is 5.46. The van der Waals surface area contributed by atoms with Crippen molar-refractivity contribution in [3.05, 3.63) is 40.3 Å². The van der Waals surface area contributed by atoms with Crippen LogP contribution in [0.5, 0.6) is 0 Å². The smallest absolute Gasteiger partial charge is 0.298 e. The molecule has 2 fully saturated rings. The van der Waals surface area contributed by atoms with Crippen LogP contribution in [0.2, 0.25) is 0 Å². The Kier molecular flexibility index (Phi) is 4.64. The molecule has 0 radical (unpaired) electrons. The quantitative estimate of drug-likeness (QED) is 0.868. The monoisotopic (exact) mass is 317 g/mol. The molecule has 2 saturated heterocycles. The first-order valence-corrected chi connectivity index (χ1v) is 8.61. The van der Waals surface area contributed by atoms with Gasteiger partial charge in [-0.2, -0.15) is 0 Å². The second-order valence-corrected chi connectivity index (χ2v) is 6.99. The summed E-state index contributed by atoms with van der Waals surface area (Å²) in [5.74, 6) is -0.144. The van der Waals surface area contributed by atoms with Crippen LogP contribution in [0.25, 0.3) is 6.08 Å². The molecule has 0 bridgehead atoms. The molecular formula is C17H21N2O2S+. The van der Waals surface area contributed by atoms with Gasteiger partial charge < -0.3 is 4.90 Å². The Morgan fingerprint density at radius 3 is 2.73 bits per heavy atom. The van der Waals surface area contributed by atoms with Crippen molar-refractivity contribution in [2.75, 3.05) is 19.8 Å². The van der Waals surface area contributed by atoms with E-state index in [4.69, 9.17) is 0 Å². The fourth-order valence-corrected chi connectivity index (χ4v) is 3.82. The maximum atomic E-state index is 12.5. The van der Waals surface area contributed by atoms with Crippen LogP contribution >= 0.6 is 11.8 Å². The molecule has 1 aromatic rings. The molecule has 0 spiro atoms. The number of quaternary nitrogens is 1. The number of thioether (sulfide) groups is 1. The maximum Gasteiger partial charge on any atom is 0.298 e. The van der Waals surface area contributed by atoms with E-state index in [0.29, 0.717) is 11.6 Å². The lowest BCUT2D eigenvalue weighted by molar-refractivity contribution is -0.912. The van der Waals surface area contributed by atoms with Crippen LogP contribution in [0.15, 0.2) is 29.2 Å². The summed E-state index contributed by atoms with van der Waals surface area (Å²) in [5, 5.41) is -0.137. The second-order valence-electron chi connectivity index (χ2n) is 5.99. The molecule has 0 aromatic heterocycles. The Bertz CT molecular complexity index is 621. The maximum absolute atomic E-state index is 12.5. The van der Waals surface area contributed by atoms with E-state index >= 15 is 0 Å². The molecule has 1 aromatic carbocycles. The van der Waals surface area contributed by atoms with Crippen molar-refractivity contribution in [2.45, 2.75) is 26.2 Å². The van der Waals surface area contributed by atoms with Gasteiger partial charge in [0.2, 0.25) is 0 Å². The summed E-state index contributed by atoms with van der Waals surface area (Å²) in [5.41, 5.74) is 2.11. The van der Waals surface area contributed by atoms with Crippen LogP contribution in [0.3, 0.4) is 0 Å². The molecule has 2 amide bonds. The molecular weight excluding hydrogens is 296 g/mol. The molecule has 0 unspecified atom stereocenters. The van der Waals surface area contributed by atoms with Gasteiger partial charge >= 0.3 is 0 Å². The Morgan fingerprint density at radius 2 is 2.00 bits per heavy atom. The minimum absolute atomic E-state index is 0.137. The first-order valence-electron chi connectivity index (χ1n) is 7.79. The first kappa shape index (κ1) is 15.3. The van der Waals surface area contributed by atoms with E-state index in [1.807, 2.05) is 37.3 Å². The number of hydrogen-bond acceptors (Lipinski definition) is 3. The fourth-order valence-electron chi connectivity index (χ4n) is 2.98. The SMILES string of the molecule is Cc1cccc(/C=C2/SC(=O)N(C[NH+]3CCCCC3)C2=O)c1. The van der Waals surface area contributed by atoms with E-state index in [-0.39, 0.29) is 11.1 Å². The van der Waals surface area contributed by atoms with E-state index in [0.717, 1.165) is 36.0 Å². The number of benzene rings is 1. The van der Waals surface area contributed by atoms with Crippen LogP contribution in [0, 0.1) is 6.92 Å². The van der Waals surface area contributed by atoms with Gasteiger partial charge in [-0.15, -0.1) is 0 Å². The zero-order valence-corrected chi connectivity index (χ0v) is 13.6. The third-order valence-electron chi connectivity index (χ3n) is 4.16. The fraction of sp³-hybridized carbons (Fsp3) is 0.412. The molecule has 0 saturated carbocycles. The average Bonchev–Trinajstić information content (AvgIpc) is 2.76. The summed E-state index contributed by atoms with van der Waals surface area (Å²) >= 11 is 1.06. The van der Waals surface area contributed by atoms with Gasteiger partial charge in [0.25, 0.3) is 11.1 Å². The third-order valence-corrected chi connectivity index (χ3v) is 5.06. The van der Waals surface area contributed by atoms with E-state index in [2.05, 4.69) is 0 Å². The molecule has 22 heavy (non-hydrogen) atoms. The highest BCUT2D eigenvalue weighted by Gasteiger charge is 2.37. The number of carbonyl (C=O) groups excluding carboxylic acids is 2. The number of carbonyl (C=O) groups is 2. The van der Waals surface area contributed by atoms with Gasteiger partial charge in [-0.1, -0.05) is 29.8 Å². The highest BCUT2D eigenvalue weighted by molar-refractivity contribution is 8.18. The van der Waals surface area contributed by atoms with E-state index < -0.39 is 0 Å². The number of nitrogens with one attached hydrogen (secondary N) is 1. The zero-order chi connectivity index (χ0) is 15.5. The van der Waals surface area contributed by atoms with Gasteiger partial charge in [0.15, 0.2) is 6.67 Å². The third kappa shape index (κ3) is 3.42. The predicted molar refractivity (Wildman–Crippen MR) is 88.4 cm³/mol. The molecule has 0 aliphatic carbocycles. The minimum atomic E-state index is -0.144. The van der Waals surface area contributed by atoms with Gasteiger partial charge in [0, 0.05) is 0 Å². The van der Waals surface area contributed by atoms with Gasteiger partial charge in [-0.05, 0) is 49.6 Å². The molecule has 4 nitrogen and oxygen atoms in total. The van der Waals surface area contributed by atoms with Crippen molar-refractivity contribution in [1.29, 1.82) is 0 Å². The number of rotatable bonds is 3. The van der Waals surface area contributed by atoms with Gasteiger partial charge in [0.1, 0.15) is 0 Å². The molecule has 2 aliphatic rings. The van der Waals surface area contributed by atoms with Crippen LogP contribution < -0.4 is 4.90 Å². The number of piperidine rings is 1. The molecule has 0 atom stereocenters. The summed E-state index contributed by atoms with van der Waals surface area (Å²) in [6.45, 7) is 4.63. The predicted octanol–water partition coefficient (Wildman–Crippen LogP) is 2.06. The van der Waals surface area contributed by atoms with Crippen LogP contribution in [0.4, 0.5) is 4.79 Å². The molecule has 5 heteroatoms. The van der Waals surface area contributed by atoms with Crippen LogP contribution in [-0.4, -0.2) is 35.8 Å². The van der Waals surface area contributed by atoms with Crippen molar-refractivity contribution in [3.8, 4) is 0 Å². The lowest BCUT2D eigenvalue weighted by atomic mass is 10.1. The first-order chi connectivity index (χ1) is 10.6. The standard InChI is InChI=1S/C17H20N2O2S/c1-13-6-5-7-14(10-13)11-15-16(20)19(17(21)22-15)12-18-8-3-2-4-9-18/h5-7,10-11H,2-4,8-9,12H2,1H3/p+1/b15-11+. The molecule has 3 rings (SSSR count). The topological polar surface area (TPSA) is 41.8 Å². The van der Waals surface area contributed by atoms with Gasteiger partial charge in [-0.3, -0.25) is 9.59 Å². The van der Waals surface area contributed by atoms with Crippen molar-refractivity contribution in [2.24, 2.45) is 0 Å². The van der Waals surface area contributed by atoms with E-state index in [9.17, 15) is 9.59 Å². The van der Waals surface area contributed by atoms with Crippen molar-refractivity contribution < 1.29 is 14.5 Å². The van der Waals surface area contributed by atoms with Crippen molar-refractivity contribution in [3.63, 3.8) is 0 Å². The molecule has 116 valence electrons. The normalized spacial score (nSPS) is 21.9. The van der Waals surface area contributed by atoms with Crippen molar-refractivity contribution >= 4 is 29.0 Å². The Labute approximate surface area is 135 Å². The average molecular weight is 317 g/mol. The van der Waals surface area contributed by atoms with Gasteiger partial charge in [-0.25, -0.2) is 4.90 Å². The largest absolute Gasteiger partial charge is 0.317 e. The number of imide groups is 1. The minimum Gasteiger partial charge on any atom is -0.317 e. The molecule has 2 heterocycles. The second kappa shape index (κ2) is 6.67. The van der Waals surface area contributed by atoms with Crippen LogP contribution in [-0.2, 0) is 4.79 Å². The van der Waals surface area contributed by atoms with Crippen molar-refractivity contribution in [1.82, 2.24) is 4.90 Å². The highest BCUT2D eigenvalue weighted by atomic mass is 32.2. The summed E-state index contributed by atoms with van der Waals surface area (Å²) in [4.78, 5) is 27.9. The number of hydrogen-bond donors (Lipinski definition) is 1. The van der Waals surface area contributed by atoms with Gasteiger partial charge in [0.05, 0.1) is 18.0 Å². The number of aryl methyl sites for hydroxylation is 1. The van der Waals surface area contributed by atoms with Crippen LogP contribution in [0.1, 0.15) is 30.4 Å². The molecule has 1 N–H and O–H groups in total. The number of nitrogens with zero attached hydrogens (tertiary/aromatic N) is 1. The zero-order valence-electron chi connectivity index (χ0n) is 12.8. The number of amides is 2. The lowest BCUT2D eigenvalue weighted by Crippen LogP contribution is -3.14. The highest BCUT2D eigenvalue weighted by Crippen LogP contribution is 2.31.